The molecule has 2 aliphatic rings. The number of aliphatic hydroxyl groups excluding tert-OH is 2. The van der Waals surface area contributed by atoms with E-state index in [1.54, 1.807) is 12.1 Å². The van der Waals surface area contributed by atoms with E-state index in [-0.39, 0.29) is 30.1 Å². The van der Waals surface area contributed by atoms with Gasteiger partial charge in [-0.05, 0) is 59.6 Å². The van der Waals surface area contributed by atoms with Crippen molar-refractivity contribution in [3.63, 3.8) is 0 Å². The molecule has 3 N–H and O–H groups in total. The Kier molecular flexibility index (Phi) is 7.76. The Morgan fingerprint density at radius 2 is 1.72 bits per heavy atom. The molecule has 0 spiro atoms. The van der Waals surface area contributed by atoms with Crippen LogP contribution in [0.5, 0.6) is 5.75 Å². The number of phenolic OH excluding ortho intramolecular Hbond substituents is 1. The zero-order valence-corrected chi connectivity index (χ0v) is 21.1. The molecule has 2 amide bonds. The fraction of sp³-hybridized carbons (Fsp3) is 0.400. The summed E-state index contributed by atoms with van der Waals surface area (Å²) in [6.45, 7) is 3.77. The van der Waals surface area contributed by atoms with E-state index >= 15 is 0 Å². The third kappa shape index (κ3) is 5.01. The topological polar surface area (TPSA) is 98.1 Å². The van der Waals surface area contributed by atoms with E-state index in [0.29, 0.717) is 19.3 Å². The zero-order chi connectivity index (χ0) is 26.0. The van der Waals surface area contributed by atoms with Gasteiger partial charge >= 0.3 is 0 Å². The van der Waals surface area contributed by atoms with Crippen molar-refractivity contribution in [3.05, 3.63) is 76.9 Å². The summed E-state index contributed by atoms with van der Waals surface area (Å²) in [5.74, 6) is -1.85. The van der Waals surface area contributed by atoms with Crippen LogP contribution in [0.4, 0.5) is 0 Å². The van der Waals surface area contributed by atoms with Crippen molar-refractivity contribution < 1.29 is 24.9 Å². The first-order chi connectivity index (χ1) is 17.2. The van der Waals surface area contributed by atoms with Gasteiger partial charge in [-0.2, -0.15) is 0 Å². The van der Waals surface area contributed by atoms with E-state index in [1.807, 2.05) is 62.4 Å². The van der Waals surface area contributed by atoms with Crippen LogP contribution in [0, 0.1) is 23.7 Å². The predicted octanol–water partition coefficient (Wildman–Crippen LogP) is 4.27. The van der Waals surface area contributed by atoms with Gasteiger partial charge in [-0.1, -0.05) is 68.0 Å². The largest absolute Gasteiger partial charge is 0.508 e. The maximum absolute atomic E-state index is 12.9. The average Bonchev–Trinajstić information content (AvgIpc) is 3.10. The molecule has 2 aromatic carbocycles. The number of fused-ring (bicyclic) bond motifs is 1. The molecule has 1 aliphatic carbocycles. The molecule has 36 heavy (non-hydrogen) atoms. The van der Waals surface area contributed by atoms with E-state index in [9.17, 15) is 24.9 Å². The number of aliphatic hydroxyl groups is 2. The van der Waals surface area contributed by atoms with Crippen LogP contribution in [-0.4, -0.2) is 51.8 Å². The second-order valence-corrected chi connectivity index (χ2v) is 10.2. The molecule has 1 fully saturated rings. The number of amides is 2. The number of phenols is 1. The van der Waals surface area contributed by atoms with Gasteiger partial charge in [0.1, 0.15) is 5.75 Å². The number of carbonyl (C=O) groups excluding carboxylic acids is 2. The molecule has 1 heterocycles. The lowest BCUT2D eigenvalue weighted by molar-refractivity contribution is -0.138. The molecule has 0 bridgehead atoms. The molecule has 0 aromatic heterocycles. The Hall–Kier alpha value is -3.22. The van der Waals surface area contributed by atoms with Gasteiger partial charge in [0, 0.05) is 13.0 Å². The van der Waals surface area contributed by atoms with Crippen molar-refractivity contribution in [2.75, 3.05) is 13.7 Å². The first-order valence-corrected chi connectivity index (χ1v) is 12.6. The Morgan fingerprint density at radius 1 is 1.06 bits per heavy atom. The maximum Gasteiger partial charge on any atom is 0.233 e. The SMILES string of the molecule is CC(C)C1=C([C@H](O)CC/C(=C/c2ccc(O)cc2)c2ccccc2)[C@H](CO)[C@@H]2C(=O)N(C)C(=O)[C@@H]2C1. The summed E-state index contributed by atoms with van der Waals surface area (Å²) in [4.78, 5) is 26.8. The van der Waals surface area contributed by atoms with Gasteiger partial charge in [-0.3, -0.25) is 14.5 Å². The summed E-state index contributed by atoms with van der Waals surface area (Å²) in [6.07, 6.45) is 2.63. The van der Waals surface area contributed by atoms with Crippen LogP contribution in [0.15, 0.2) is 65.7 Å². The minimum atomic E-state index is -0.846. The van der Waals surface area contributed by atoms with Gasteiger partial charge < -0.3 is 15.3 Å². The van der Waals surface area contributed by atoms with Gasteiger partial charge in [0.25, 0.3) is 0 Å². The van der Waals surface area contributed by atoms with Crippen LogP contribution < -0.4 is 0 Å². The fourth-order valence-corrected chi connectivity index (χ4v) is 5.77. The molecule has 4 rings (SSSR count). The third-order valence-electron chi connectivity index (χ3n) is 7.66. The highest BCUT2D eigenvalue weighted by Crippen LogP contribution is 2.47. The van der Waals surface area contributed by atoms with Crippen molar-refractivity contribution >= 4 is 23.5 Å². The minimum Gasteiger partial charge on any atom is -0.508 e. The number of allylic oxidation sites excluding steroid dienone is 2. The third-order valence-corrected chi connectivity index (χ3v) is 7.66. The zero-order valence-electron chi connectivity index (χ0n) is 21.1. The molecule has 6 nitrogen and oxygen atoms in total. The summed E-state index contributed by atoms with van der Waals surface area (Å²) < 4.78 is 0. The number of carbonyl (C=O) groups is 2. The Balaban J connectivity index is 1.65. The van der Waals surface area contributed by atoms with Crippen LogP contribution in [-0.2, 0) is 9.59 Å². The van der Waals surface area contributed by atoms with E-state index in [1.165, 1.54) is 11.9 Å². The van der Waals surface area contributed by atoms with Crippen LogP contribution in [0.3, 0.4) is 0 Å². The molecule has 6 heteroatoms. The quantitative estimate of drug-likeness (QED) is 0.292. The van der Waals surface area contributed by atoms with Gasteiger partial charge in [0.05, 0.1) is 24.5 Å². The lowest BCUT2D eigenvalue weighted by Gasteiger charge is -2.38. The molecule has 1 aliphatic heterocycles. The molecule has 0 saturated carbocycles. The van der Waals surface area contributed by atoms with Crippen molar-refractivity contribution in [3.8, 4) is 5.75 Å². The van der Waals surface area contributed by atoms with Crippen LogP contribution in [0.2, 0.25) is 0 Å². The number of rotatable bonds is 8. The van der Waals surface area contributed by atoms with Crippen LogP contribution in [0.25, 0.3) is 11.6 Å². The Bertz CT molecular complexity index is 1170. The fourth-order valence-electron chi connectivity index (χ4n) is 5.77. The highest BCUT2D eigenvalue weighted by atomic mass is 16.3. The van der Waals surface area contributed by atoms with E-state index < -0.39 is 23.9 Å². The van der Waals surface area contributed by atoms with E-state index in [0.717, 1.165) is 27.8 Å². The summed E-state index contributed by atoms with van der Waals surface area (Å²) >= 11 is 0. The first-order valence-electron chi connectivity index (χ1n) is 12.6. The average molecular weight is 490 g/mol. The number of hydrogen-bond donors (Lipinski definition) is 3. The molecular weight excluding hydrogens is 454 g/mol. The second kappa shape index (κ2) is 10.8. The molecule has 1 saturated heterocycles. The molecule has 190 valence electrons. The van der Waals surface area contributed by atoms with Crippen LogP contribution >= 0.6 is 0 Å². The van der Waals surface area contributed by atoms with Gasteiger partial charge in [0.15, 0.2) is 0 Å². The van der Waals surface area contributed by atoms with Gasteiger partial charge in [-0.25, -0.2) is 0 Å². The summed E-state index contributed by atoms with van der Waals surface area (Å²) in [7, 11) is 1.50. The van der Waals surface area contributed by atoms with Gasteiger partial charge in [0.2, 0.25) is 11.8 Å². The Labute approximate surface area is 212 Å². The molecule has 4 atom stereocenters. The lowest BCUT2D eigenvalue weighted by atomic mass is 9.66. The number of benzene rings is 2. The second-order valence-electron chi connectivity index (χ2n) is 10.2. The first kappa shape index (κ1) is 25.9. The van der Waals surface area contributed by atoms with Crippen LogP contribution in [0.1, 0.15) is 44.2 Å². The molecule has 0 radical (unpaired) electrons. The van der Waals surface area contributed by atoms with E-state index in [4.69, 9.17) is 0 Å². The van der Waals surface area contributed by atoms with E-state index in [2.05, 4.69) is 0 Å². The summed E-state index contributed by atoms with van der Waals surface area (Å²) in [5, 5.41) is 31.5. The molecule has 2 aromatic rings. The highest BCUT2D eigenvalue weighted by molar-refractivity contribution is 6.05. The van der Waals surface area contributed by atoms with Gasteiger partial charge in [-0.15, -0.1) is 0 Å². The normalized spacial score (nSPS) is 23.4. The standard InChI is InChI=1S/C30H35NO5/c1-18(2)23-16-24-28(30(36)31(3)29(24)35)25(17-32)27(23)26(34)14-11-21(20-7-5-4-6-8-20)15-19-9-12-22(33)13-10-19/h4-10,12-13,15,18,24-26,28,32-34H,11,14,16-17H2,1-3H3/b21-15-/t24-,25+,26-,28-/m1/s1. The monoisotopic (exact) mass is 489 g/mol. The lowest BCUT2D eigenvalue weighted by Crippen LogP contribution is -2.39. The number of aromatic hydroxyl groups is 1. The van der Waals surface area contributed by atoms with Crippen molar-refractivity contribution in [1.29, 1.82) is 0 Å². The minimum absolute atomic E-state index is 0.0830. The summed E-state index contributed by atoms with van der Waals surface area (Å²) in [6, 6.07) is 16.9. The number of nitrogens with zero attached hydrogens (tertiary/aromatic N) is 1. The number of hydrogen-bond acceptors (Lipinski definition) is 5. The number of likely N-dealkylation sites (tertiary alicyclic amines) is 1. The molecule has 0 unspecified atom stereocenters. The highest BCUT2D eigenvalue weighted by Gasteiger charge is 2.53. The smallest absolute Gasteiger partial charge is 0.233 e. The molecular formula is C30H35NO5. The Morgan fingerprint density at radius 3 is 2.33 bits per heavy atom. The van der Waals surface area contributed by atoms with Crippen molar-refractivity contribution in [2.45, 2.75) is 39.2 Å². The van der Waals surface area contributed by atoms with Crippen molar-refractivity contribution in [2.24, 2.45) is 23.7 Å². The maximum atomic E-state index is 12.9. The predicted molar refractivity (Wildman–Crippen MR) is 139 cm³/mol. The van der Waals surface area contributed by atoms with Crippen molar-refractivity contribution in [1.82, 2.24) is 4.90 Å². The number of imide groups is 1. The summed E-state index contributed by atoms with van der Waals surface area (Å²) in [5.41, 5.74) is 4.71.